The molecule has 2 unspecified atom stereocenters. The normalized spacial score (nSPS) is 23.0. The van der Waals surface area contributed by atoms with Crippen LogP contribution in [-0.4, -0.2) is 47.2 Å². The zero-order valence-corrected chi connectivity index (χ0v) is 18.9. The lowest BCUT2D eigenvalue weighted by atomic mass is 9.80. The molecule has 8 heteroatoms. The lowest BCUT2D eigenvalue weighted by Gasteiger charge is -2.32. The average molecular weight is 425 g/mol. The highest BCUT2D eigenvalue weighted by Gasteiger charge is 2.24. The second kappa shape index (κ2) is 11.5. The first-order valence-corrected chi connectivity index (χ1v) is 11.9. The number of ether oxygens (including phenoxy) is 1. The summed E-state index contributed by atoms with van der Waals surface area (Å²) in [6.07, 6.45) is 3.58. The van der Waals surface area contributed by atoms with Crippen LogP contribution in [0.2, 0.25) is 0 Å². The third-order valence-electron chi connectivity index (χ3n) is 5.09. The molecule has 1 aromatic carbocycles. The summed E-state index contributed by atoms with van der Waals surface area (Å²) in [7, 11) is -2.01. The Labute approximate surface area is 175 Å². The molecule has 0 amide bonds. The van der Waals surface area contributed by atoms with Gasteiger partial charge in [0, 0.05) is 26.2 Å². The third-order valence-corrected chi connectivity index (χ3v) is 6.55. The van der Waals surface area contributed by atoms with Crippen LogP contribution in [0.1, 0.15) is 45.6 Å². The van der Waals surface area contributed by atoms with E-state index in [1.165, 1.54) is 13.5 Å². The fourth-order valence-corrected chi connectivity index (χ4v) is 5.00. The van der Waals surface area contributed by atoms with Gasteiger partial charge in [0.05, 0.1) is 18.0 Å². The van der Waals surface area contributed by atoms with E-state index in [1.807, 2.05) is 13.0 Å². The number of methoxy groups -OCH3 is 1. The van der Waals surface area contributed by atoms with Crippen LogP contribution in [0.4, 0.5) is 0 Å². The summed E-state index contributed by atoms with van der Waals surface area (Å²) in [5, 5.41) is 6.86. The molecule has 1 saturated carbocycles. The monoisotopic (exact) mass is 424 g/mol. The zero-order valence-electron chi connectivity index (χ0n) is 18.1. The Morgan fingerprint density at radius 1 is 1.21 bits per heavy atom. The van der Waals surface area contributed by atoms with E-state index in [-0.39, 0.29) is 11.4 Å². The molecule has 2 atom stereocenters. The first-order valence-electron chi connectivity index (χ1n) is 10.5. The summed E-state index contributed by atoms with van der Waals surface area (Å²) in [5.41, 5.74) is 0.849. The minimum Gasteiger partial charge on any atom is -0.383 e. The number of sulfonamides is 1. The minimum absolute atomic E-state index is 0.244. The van der Waals surface area contributed by atoms with Crippen LogP contribution in [0, 0.1) is 11.8 Å². The first-order chi connectivity index (χ1) is 13.8. The van der Waals surface area contributed by atoms with Crippen LogP contribution in [0.25, 0.3) is 0 Å². The van der Waals surface area contributed by atoms with Gasteiger partial charge in [-0.15, -0.1) is 0 Å². The summed E-state index contributed by atoms with van der Waals surface area (Å²) < 4.78 is 32.2. The van der Waals surface area contributed by atoms with E-state index in [0.29, 0.717) is 31.0 Å². The van der Waals surface area contributed by atoms with Crippen molar-refractivity contribution in [1.82, 2.24) is 15.4 Å². The number of aliphatic imine (C=N–C) groups is 1. The fraction of sp³-hybridized carbons (Fsp3) is 0.667. The number of guanidine groups is 1. The number of rotatable bonds is 9. The van der Waals surface area contributed by atoms with Gasteiger partial charge in [0.25, 0.3) is 0 Å². The van der Waals surface area contributed by atoms with Crippen molar-refractivity contribution in [2.45, 2.75) is 57.5 Å². The summed E-state index contributed by atoms with van der Waals surface area (Å²) in [6, 6.07) is 7.33. The van der Waals surface area contributed by atoms with E-state index in [2.05, 4.69) is 34.2 Å². The fourth-order valence-electron chi connectivity index (χ4n) is 3.92. The van der Waals surface area contributed by atoms with E-state index in [0.717, 1.165) is 30.9 Å². The lowest BCUT2D eigenvalue weighted by molar-refractivity contribution is 0.204. The van der Waals surface area contributed by atoms with Crippen molar-refractivity contribution in [1.29, 1.82) is 0 Å². The highest BCUT2D eigenvalue weighted by Crippen LogP contribution is 2.28. The van der Waals surface area contributed by atoms with Crippen molar-refractivity contribution in [3.63, 3.8) is 0 Å². The Morgan fingerprint density at radius 2 is 1.93 bits per heavy atom. The molecule has 3 N–H and O–H groups in total. The molecule has 0 bridgehead atoms. The summed E-state index contributed by atoms with van der Waals surface area (Å²) in [4.78, 5) is 4.93. The van der Waals surface area contributed by atoms with Crippen molar-refractivity contribution in [2.24, 2.45) is 16.8 Å². The maximum Gasteiger partial charge on any atom is 0.240 e. The van der Waals surface area contributed by atoms with E-state index >= 15 is 0 Å². The Bertz CT molecular complexity index is 757. The van der Waals surface area contributed by atoms with E-state index in [4.69, 9.17) is 4.74 Å². The standard InChI is InChI=1S/C21H36N4O3S/c1-5-22-21(25-19-12-16(2)11-17(3)13-19)23-15-18-7-6-8-20(14-18)29(26,27)24-9-10-28-4/h6-8,14,16-17,19,24H,5,9-13,15H2,1-4H3,(H2,22,23,25). The predicted molar refractivity (Wildman–Crippen MR) is 117 cm³/mol. The average Bonchev–Trinajstić information content (AvgIpc) is 2.66. The van der Waals surface area contributed by atoms with Gasteiger partial charge in [0.15, 0.2) is 5.96 Å². The molecular formula is C21H36N4O3S. The van der Waals surface area contributed by atoms with Crippen molar-refractivity contribution in [3.8, 4) is 0 Å². The highest BCUT2D eigenvalue weighted by molar-refractivity contribution is 7.89. The van der Waals surface area contributed by atoms with Gasteiger partial charge >= 0.3 is 0 Å². The highest BCUT2D eigenvalue weighted by atomic mass is 32.2. The van der Waals surface area contributed by atoms with Crippen LogP contribution in [0.15, 0.2) is 34.2 Å². The maximum absolute atomic E-state index is 12.4. The Balaban J connectivity index is 2.05. The Kier molecular flexibility index (Phi) is 9.39. The van der Waals surface area contributed by atoms with E-state index in [1.54, 1.807) is 18.2 Å². The van der Waals surface area contributed by atoms with Gasteiger partial charge < -0.3 is 15.4 Å². The quantitative estimate of drug-likeness (QED) is 0.322. The molecule has 1 aromatic rings. The van der Waals surface area contributed by atoms with Crippen LogP contribution in [0.5, 0.6) is 0 Å². The molecule has 0 aromatic heterocycles. The molecule has 0 spiro atoms. The van der Waals surface area contributed by atoms with Crippen molar-refractivity contribution >= 4 is 16.0 Å². The predicted octanol–water partition coefficient (Wildman–Crippen LogP) is 2.49. The molecule has 1 aliphatic rings. The number of benzene rings is 1. The van der Waals surface area contributed by atoms with Crippen LogP contribution in [-0.2, 0) is 21.3 Å². The van der Waals surface area contributed by atoms with Crippen molar-refractivity contribution in [2.75, 3.05) is 26.8 Å². The Hall–Kier alpha value is -1.64. The van der Waals surface area contributed by atoms with Gasteiger partial charge in [0.1, 0.15) is 0 Å². The number of hydrogen-bond donors (Lipinski definition) is 3. The molecule has 0 radical (unpaired) electrons. The topological polar surface area (TPSA) is 91.8 Å². The molecule has 1 aliphatic carbocycles. The van der Waals surface area contributed by atoms with Gasteiger partial charge in [-0.25, -0.2) is 18.1 Å². The van der Waals surface area contributed by atoms with Gasteiger partial charge in [-0.2, -0.15) is 0 Å². The zero-order chi connectivity index (χ0) is 21.3. The van der Waals surface area contributed by atoms with Gasteiger partial charge in [0.2, 0.25) is 10.0 Å². The summed E-state index contributed by atoms with van der Waals surface area (Å²) in [6.45, 7) is 8.42. The lowest BCUT2D eigenvalue weighted by Crippen LogP contribution is -2.46. The smallest absolute Gasteiger partial charge is 0.240 e. The van der Waals surface area contributed by atoms with E-state index in [9.17, 15) is 8.42 Å². The van der Waals surface area contributed by atoms with Crippen molar-refractivity contribution < 1.29 is 13.2 Å². The summed E-state index contributed by atoms with van der Waals surface area (Å²) in [5.74, 6) is 2.21. The van der Waals surface area contributed by atoms with Gasteiger partial charge in [-0.05, 0) is 55.7 Å². The largest absolute Gasteiger partial charge is 0.383 e. The molecule has 0 heterocycles. The van der Waals surface area contributed by atoms with Crippen LogP contribution < -0.4 is 15.4 Å². The second-order valence-corrected chi connectivity index (χ2v) is 9.76. The minimum atomic E-state index is -3.55. The second-order valence-electron chi connectivity index (χ2n) is 7.99. The molecule has 1 fully saturated rings. The molecular weight excluding hydrogens is 388 g/mol. The maximum atomic E-state index is 12.4. The molecule has 164 valence electrons. The molecule has 7 nitrogen and oxygen atoms in total. The first kappa shape index (κ1) is 23.6. The number of nitrogens with zero attached hydrogens (tertiary/aromatic N) is 1. The molecule has 29 heavy (non-hydrogen) atoms. The van der Waals surface area contributed by atoms with Crippen molar-refractivity contribution in [3.05, 3.63) is 29.8 Å². The van der Waals surface area contributed by atoms with Gasteiger partial charge in [-0.1, -0.05) is 26.0 Å². The van der Waals surface area contributed by atoms with Crippen LogP contribution >= 0.6 is 0 Å². The van der Waals surface area contributed by atoms with E-state index < -0.39 is 10.0 Å². The van der Waals surface area contributed by atoms with Crippen LogP contribution in [0.3, 0.4) is 0 Å². The van der Waals surface area contributed by atoms with Gasteiger partial charge in [-0.3, -0.25) is 0 Å². The third kappa shape index (κ3) is 7.95. The summed E-state index contributed by atoms with van der Waals surface area (Å²) >= 11 is 0. The molecule has 0 saturated heterocycles. The SMILES string of the molecule is CCNC(=NCc1cccc(S(=O)(=O)NCCOC)c1)NC1CC(C)CC(C)C1. The molecule has 2 rings (SSSR count). The molecule has 0 aliphatic heterocycles. The Morgan fingerprint density at radius 3 is 2.59 bits per heavy atom. The number of hydrogen-bond acceptors (Lipinski definition) is 4. The number of nitrogens with one attached hydrogen (secondary N) is 3.